The number of rotatable bonds is 10. The molecule has 57 heavy (non-hydrogen) atoms. The maximum Gasteiger partial charge on any atom is 0.262 e. The number of nitrogens with zero attached hydrogens (tertiary/aromatic N) is 7. The molecule has 4 amide bonds. The molecular formula is C43H49N9O5. The highest BCUT2D eigenvalue weighted by molar-refractivity contribution is 6.23. The summed E-state index contributed by atoms with van der Waals surface area (Å²) < 4.78 is 6.22. The lowest BCUT2D eigenvalue weighted by Crippen LogP contribution is -2.54. The number of benzene rings is 2. The lowest BCUT2D eigenvalue weighted by Gasteiger charge is -2.43. The molecular weight excluding hydrogens is 723 g/mol. The summed E-state index contributed by atoms with van der Waals surface area (Å²) >= 11 is 0. The fourth-order valence-electron chi connectivity index (χ4n) is 9.64. The quantitative estimate of drug-likeness (QED) is 0.214. The van der Waals surface area contributed by atoms with Crippen LogP contribution >= 0.6 is 0 Å². The molecule has 1 atom stereocenters. The van der Waals surface area contributed by atoms with E-state index in [0.29, 0.717) is 23.0 Å². The Labute approximate surface area is 331 Å². The average molecular weight is 772 g/mol. The molecule has 6 aliphatic rings. The number of hydrogen-bond donors (Lipinski definition) is 2. The van der Waals surface area contributed by atoms with E-state index < -0.39 is 23.8 Å². The summed E-state index contributed by atoms with van der Waals surface area (Å²) in [7, 11) is 0. The molecule has 14 heteroatoms. The molecule has 0 spiro atoms. The predicted octanol–water partition coefficient (Wildman–Crippen LogP) is 4.81. The van der Waals surface area contributed by atoms with E-state index in [1.54, 1.807) is 12.4 Å². The Balaban J connectivity index is 0.671. The number of imide groups is 2. The summed E-state index contributed by atoms with van der Waals surface area (Å²) in [5.41, 5.74) is 4.17. The van der Waals surface area contributed by atoms with E-state index in [2.05, 4.69) is 59.2 Å². The minimum absolute atomic E-state index is 0.0397. The van der Waals surface area contributed by atoms with Crippen molar-refractivity contribution in [3.63, 3.8) is 0 Å². The van der Waals surface area contributed by atoms with Gasteiger partial charge in [0.2, 0.25) is 11.8 Å². The molecule has 1 saturated carbocycles. The van der Waals surface area contributed by atoms with Crippen LogP contribution in [0.3, 0.4) is 0 Å². The molecule has 1 unspecified atom stereocenters. The van der Waals surface area contributed by atoms with Crippen molar-refractivity contribution < 1.29 is 23.9 Å². The summed E-state index contributed by atoms with van der Waals surface area (Å²) in [4.78, 5) is 68.1. The van der Waals surface area contributed by atoms with Gasteiger partial charge in [-0.2, -0.15) is 5.10 Å². The van der Waals surface area contributed by atoms with Crippen molar-refractivity contribution in [1.29, 1.82) is 0 Å². The Morgan fingerprint density at radius 2 is 1.58 bits per heavy atom. The van der Waals surface area contributed by atoms with E-state index >= 15 is 0 Å². The molecule has 4 saturated heterocycles. The molecule has 10 rings (SSSR count). The predicted molar refractivity (Wildman–Crippen MR) is 213 cm³/mol. The zero-order valence-electron chi connectivity index (χ0n) is 32.4. The number of likely N-dealkylation sites (tertiary alicyclic amines) is 1. The van der Waals surface area contributed by atoms with E-state index in [4.69, 9.17) is 4.74 Å². The number of carbonyl (C=O) groups excluding carboxylic acids is 4. The highest BCUT2D eigenvalue weighted by atomic mass is 16.5. The maximum atomic E-state index is 13.3. The Kier molecular flexibility index (Phi) is 8.99. The average Bonchev–Trinajstić information content (AvgIpc) is 3.68. The molecule has 2 N–H and O–H groups in total. The third-order valence-electron chi connectivity index (χ3n) is 13.3. The summed E-state index contributed by atoms with van der Waals surface area (Å²) in [5.74, 6) is 2.03. The number of aromatic amines is 1. The molecule has 5 aliphatic heterocycles. The second-order valence-corrected chi connectivity index (χ2v) is 17.5. The van der Waals surface area contributed by atoms with E-state index in [1.165, 1.54) is 19.3 Å². The highest BCUT2D eigenvalue weighted by Crippen LogP contribution is 2.41. The minimum Gasteiger partial charge on any atom is -0.488 e. The van der Waals surface area contributed by atoms with Gasteiger partial charge in [-0.3, -0.25) is 34.5 Å². The number of anilines is 2. The van der Waals surface area contributed by atoms with E-state index in [-0.39, 0.29) is 24.3 Å². The molecule has 14 nitrogen and oxygen atoms in total. The van der Waals surface area contributed by atoms with Crippen LogP contribution in [0.15, 0.2) is 48.8 Å². The number of H-pyrrole nitrogens is 1. The largest absolute Gasteiger partial charge is 0.488 e. The van der Waals surface area contributed by atoms with Crippen LogP contribution < -0.4 is 19.9 Å². The van der Waals surface area contributed by atoms with Crippen LogP contribution in [0.5, 0.6) is 5.75 Å². The maximum absolute atomic E-state index is 13.3. The van der Waals surface area contributed by atoms with Crippen LogP contribution in [0.25, 0.3) is 22.3 Å². The van der Waals surface area contributed by atoms with Gasteiger partial charge in [0.1, 0.15) is 35.2 Å². The van der Waals surface area contributed by atoms with Gasteiger partial charge in [-0.15, -0.1) is 0 Å². The smallest absolute Gasteiger partial charge is 0.262 e. The van der Waals surface area contributed by atoms with Gasteiger partial charge in [0, 0.05) is 56.3 Å². The van der Waals surface area contributed by atoms with Gasteiger partial charge in [-0.1, -0.05) is 0 Å². The molecule has 4 aromatic rings. The first-order valence-electron chi connectivity index (χ1n) is 20.7. The standard InChI is InChI=1S/C43H49N9O5/c1-43(12-13-43)57-30-3-5-34-33(20-30)39(48-47-34)35-21-37(45-25-44-35)51-23-28(24-51)18-26-8-14-49(15-9-26)22-27-10-16-50(17-11-27)29-2-4-31-32(19-29)42(56)52(41(31)55)36-6-7-38(53)46-40(36)54/h2-5,19-21,25-28,36H,6-18,22-24H2,1H3,(H,47,48)(H,46,53,54). The van der Waals surface area contributed by atoms with Gasteiger partial charge in [-0.05, 0) is 126 Å². The van der Waals surface area contributed by atoms with Crippen molar-refractivity contribution in [1.82, 2.24) is 35.3 Å². The summed E-state index contributed by atoms with van der Waals surface area (Å²) in [6.07, 6.45) is 10.0. The Morgan fingerprint density at radius 3 is 2.35 bits per heavy atom. The minimum atomic E-state index is -0.950. The van der Waals surface area contributed by atoms with Crippen molar-refractivity contribution in [2.75, 3.05) is 55.6 Å². The number of piperidine rings is 3. The van der Waals surface area contributed by atoms with Crippen molar-refractivity contribution in [3.8, 4) is 17.1 Å². The molecule has 296 valence electrons. The molecule has 0 bridgehead atoms. The lowest BCUT2D eigenvalue weighted by molar-refractivity contribution is -0.136. The van der Waals surface area contributed by atoms with Gasteiger partial charge >= 0.3 is 0 Å². The first-order valence-corrected chi connectivity index (χ1v) is 20.7. The molecule has 2 aromatic heterocycles. The molecule has 7 heterocycles. The second kappa shape index (κ2) is 14.2. The number of fused-ring (bicyclic) bond motifs is 2. The van der Waals surface area contributed by atoms with Gasteiger partial charge < -0.3 is 19.4 Å². The normalized spacial score (nSPS) is 23.2. The van der Waals surface area contributed by atoms with Crippen molar-refractivity contribution in [2.45, 2.75) is 76.4 Å². The Morgan fingerprint density at radius 1 is 0.807 bits per heavy atom. The summed E-state index contributed by atoms with van der Waals surface area (Å²) in [6.45, 7) is 9.46. The number of amides is 4. The van der Waals surface area contributed by atoms with Crippen LogP contribution in [0.2, 0.25) is 0 Å². The van der Waals surface area contributed by atoms with E-state index in [0.717, 1.165) is 122 Å². The van der Waals surface area contributed by atoms with Crippen LogP contribution in [-0.2, 0) is 9.59 Å². The van der Waals surface area contributed by atoms with E-state index in [1.807, 2.05) is 24.3 Å². The van der Waals surface area contributed by atoms with Crippen molar-refractivity contribution in [2.24, 2.45) is 17.8 Å². The summed E-state index contributed by atoms with van der Waals surface area (Å²) in [6, 6.07) is 12.7. The number of hydrogen-bond acceptors (Lipinski definition) is 11. The Hall–Kier alpha value is -5.37. The van der Waals surface area contributed by atoms with Crippen molar-refractivity contribution in [3.05, 3.63) is 59.9 Å². The SMILES string of the molecule is CC1(Oc2ccc3[nH]nc(-c4cc(N5CC(CC6CCN(CC7CCN(c8ccc9c(c8)C(=O)N(C8CCC(=O)NC8=O)C9=O)CC7)CC6)C5)ncn4)c3c2)CC1. The molecule has 5 fully saturated rings. The van der Waals surface area contributed by atoms with Crippen LogP contribution in [0, 0.1) is 17.8 Å². The number of nitrogens with one attached hydrogen (secondary N) is 2. The van der Waals surface area contributed by atoms with Gasteiger partial charge in [0.15, 0.2) is 0 Å². The summed E-state index contributed by atoms with van der Waals surface area (Å²) in [5, 5.41) is 11.0. The number of carbonyl (C=O) groups is 4. The monoisotopic (exact) mass is 771 g/mol. The molecule has 2 aromatic carbocycles. The number of ether oxygens (including phenoxy) is 1. The van der Waals surface area contributed by atoms with Crippen LogP contribution in [0.4, 0.5) is 11.5 Å². The fraction of sp³-hybridized carbons (Fsp3) is 0.512. The van der Waals surface area contributed by atoms with Gasteiger partial charge in [-0.25, -0.2) is 9.97 Å². The van der Waals surface area contributed by atoms with E-state index in [9.17, 15) is 19.2 Å². The topological polar surface area (TPSA) is 157 Å². The third-order valence-corrected chi connectivity index (χ3v) is 13.3. The highest BCUT2D eigenvalue weighted by Gasteiger charge is 2.45. The van der Waals surface area contributed by atoms with Crippen LogP contribution in [0.1, 0.15) is 85.4 Å². The van der Waals surface area contributed by atoms with Gasteiger partial charge in [0.25, 0.3) is 11.8 Å². The van der Waals surface area contributed by atoms with Crippen molar-refractivity contribution >= 4 is 46.0 Å². The Bertz CT molecular complexity index is 2250. The zero-order chi connectivity index (χ0) is 38.8. The van der Waals surface area contributed by atoms with Crippen LogP contribution in [-0.4, -0.2) is 111 Å². The third kappa shape index (κ3) is 7.02. The van der Waals surface area contributed by atoms with Gasteiger partial charge in [0.05, 0.1) is 22.3 Å². The lowest BCUT2D eigenvalue weighted by atomic mass is 9.83. The zero-order valence-corrected chi connectivity index (χ0v) is 32.4. The first-order chi connectivity index (χ1) is 27.7. The molecule has 1 aliphatic carbocycles. The first kappa shape index (κ1) is 36.0. The number of aromatic nitrogens is 4. The second-order valence-electron chi connectivity index (χ2n) is 17.5. The fourth-order valence-corrected chi connectivity index (χ4v) is 9.64. The molecule has 0 radical (unpaired) electrons.